The van der Waals surface area contributed by atoms with Gasteiger partial charge in [0.25, 0.3) is 0 Å². The molecule has 2 amide bonds. The molecule has 0 bridgehead atoms. The summed E-state index contributed by atoms with van der Waals surface area (Å²) in [5.74, 6) is -0.0425. The Bertz CT molecular complexity index is 516. The lowest BCUT2D eigenvalue weighted by Crippen LogP contribution is -2.43. The van der Waals surface area contributed by atoms with Crippen LogP contribution >= 0.6 is 12.4 Å². The number of amides is 2. The quantitative estimate of drug-likeness (QED) is 0.698. The van der Waals surface area contributed by atoms with Crippen molar-refractivity contribution in [2.24, 2.45) is 5.41 Å². The Morgan fingerprint density at radius 2 is 1.75 bits per heavy atom. The minimum absolute atomic E-state index is 0. The number of carbonyl (C=O) groups excluding carboxylic acids is 2. The summed E-state index contributed by atoms with van der Waals surface area (Å²) in [4.78, 5) is 23.7. The second kappa shape index (κ2) is 10.3. The van der Waals surface area contributed by atoms with Gasteiger partial charge in [-0.05, 0) is 36.9 Å². The summed E-state index contributed by atoms with van der Waals surface area (Å²) < 4.78 is 0. The van der Waals surface area contributed by atoms with E-state index in [0.717, 1.165) is 31.5 Å². The fourth-order valence-electron chi connectivity index (χ4n) is 2.77. The third-order valence-electron chi connectivity index (χ3n) is 4.40. The van der Waals surface area contributed by atoms with Crippen LogP contribution in [-0.4, -0.2) is 38.0 Å². The highest BCUT2D eigenvalue weighted by atomic mass is 35.5. The van der Waals surface area contributed by atoms with Crippen LogP contribution in [0.4, 0.5) is 0 Å². The lowest BCUT2D eigenvalue weighted by atomic mass is 9.81. The Balaban J connectivity index is 0.00000288. The largest absolute Gasteiger partial charge is 0.355 e. The van der Waals surface area contributed by atoms with Crippen molar-refractivity contribution >= 4 is 24.2 Å². The fourth-order valence-corrected chi connectivity index (χ4v) is 2.77. The van der Waals surface area contributed by atoms with Crippen LogP contribution in [0.2, 0.25) is 0 Å². The lowest BCUT2D eigenvalue weighted by molar-refractivity contribution is -0.122. The summed E-state index contributed by atoms with van der Waals surface area (Å²) in [5.41, 5.74) is 1.17. The number of hydrogen-bond donors (Lipinski definition) is 3. The first-order valence-electron chi connectivity index (χ1n) is 8.35. The minimum atomic E-state index is -0.0469. The molecule has 24 heavy (non-hydrogen) atoms. The van der Waals surface area contributed by atoms with Crippen LogP contribution in [0, 0.1) is 5.41 Å². The number of halogens is 1. The van der Waals surface area contributed by atoms with Crippen molar-refractivity contribution in [3.63, 3.8) is 0 Å². The number of rotatable bonds is 7. The predicted molar refractivity (Wildman–Crippen MR) is 98.2 cm³/mol. The minimum Gasteiger partial charge on any atom is -0.355 e. The molecule has 1 fully saturated rings. The van der Waals surface area contributed by atoms with Gasteiger partial charge in [0.2, 0.25) is 11.8 Å². The summed E-state index contributed by atoms with van der Waals surface area (Å²) in [6, 6.07) is 9.60. The van der Waals surface area contributed by atoms with Crippen LogP contribution in [0.1, 0.15) is 31.7 Å². The van der Waals surface area contributed by atoms with Gasteiger partial charge in [-0.25, -0.2) is 0 Å². The number of benzene rings is 1. The van der Waals surface area contributed by atoms with E-state index < -0.39 is 0 Å². The molecule has 1 saturated heterocycles. The second-order valence-electron chi connectivity index (χ2n) is 6.60. The molecule has 1 aromatic rings. The van der Waals surface area contributed by atoms with Gasteiger partial charge in [-0.2, -0.15) is 0 Å². The van der Waals surface area contributed by atoms with Crippen molar-refractivity contribution in [1.82, 2.24) is 16.0 Å². The molecule has 0 spiro atoms. The molecular weight excluding hydrogens is 326 g/mol. The van der Waals surface area contributed by atoms with Crippen LogP contribution in [0.3, 0.4) is 0 Å². The van der Waals surface area contributed by atoms with Gasteiger partial charge in [0, 0.05) is 19.5 Å². The predicted octanol–water partition coefficient (Wildman–Crippen LogP) is 1.66. The molecule has 3 N–H and O–H groups in total. The zero-order valence-corrected chi connectivity index (χ0v) is 15.1. The lowest BCUT2D eigenvalue weighted by Gasteiger charge is -2.34. The molecule has 5 nitrogen and oxygen atoms in total. The maximum Gasteiger partial charge on any atom is 0.224 e. The monoisotopic (exact) mass is 353 g/mol. The first-order valence-corrected chi connectivity index (χ1v) is 8.35. The first-order chi connectivity index (χ1) is 11.1. The molecule has 0 unspecified atom stereocenters. The average Bonchev–Trinajstić information content (AvgIpc) is 2.55. The molecule has 0 atom stereocenters. The highest BCUT2D eigenvalue weighted by molar-refractivity contribution is 5.85. The van der Waals surface area contributed by atoms with Gasteiger partial charge in [-0.1, -0.05) is 37.3 Å². The average molecular weight is 354 g/mol. The standard InChI is InChI=1S/C18H27N3O2.ClH/c1-18(8-11-19-12-9-18)14-21-16(22)7-10-20-17(23)13-15-5-3-2-4-6-15;/h2-6,19H,7-14H2,1H3,(H,20,23)(H,21,22);1H. The Kier molecular flexibility index (Phi) is 8.79. The summed E-state index contributed by atoms with van der Waals surface area (Å²) in [6.45, 7) is 5.35. The van der Waals surface area contributed by atoms with E-state index >= 15 is 0 Å². The first kappa shape index (κ1) is 20.5. The molecule has 6 heteroatoms. The normalized spacial score (nSPS) is 15.9. The molecular formula is C18H28ClN3O2. The number of carbonyl (C=O) groups is 2. The third-order valence-corrected chi connectivity index (χ3v) is 4.40. The van der Waals surface area contributed by atoms with Crippen molar-refractivity contribution in [2.45, 2.75) is 32.6 Å². The molecule has 0 saturated carbocycles. The molecule has 0 aromatic heterocycles. The van der Waals surface area contributed by atoms with E-state index in [9.17, 15) is 9.59 Å². The molecule has 1 aliphatic heterocycles. The smallest absolute Gasteiger partial charge is 0.224 e. The molecule has 0 radical (unpaired) electrons. The van der Waals surface area contributed by atoms with E-state index in [2.05, 4.69) is 22.9 Å². The highest BCUT2D eigenvalue weighted by Crippen LogP contribution is 2.26. The van der Waals surface area contributed by atoms with Gasteiger partial charge in [0.15, 0.2) is 0 Å². The summed E-state index contributed by atoms with van der Waals surface area (Å²) >= 11 is 0. The summed E-state index contributed by atoms with van der Waals surface area (Å²) in [7, 11) is 0. The molecule has 0 aliphatic carbocycles. The molecule has 134 valence electrons. The topological polar surface area (TPSA) is 70.2 Å². The van der Waals surface area contributed by atoms with Crippen molar-refractivity contribution in [3.8, 4) is 0 Å². The Morgan fingerprint density at radius 3 is 2.42 bits per heavy atom. The highest BCUT2D eigenvalue weighted by Gasteiger charge is 2.26. The van der Waals surface area contributed by atoms with E-state index in [1.807, 2.05) is 30.3 Å². The van der Waals surface area contributed by atoms with Gasteiger partial charge >= 0.3 is 0 Å². The Labute approximate surface area is 150 Å². The third kappa shape index (κ3) is 7.32. The van der Waals surface area contributed by atoms with E-state index in [4.69, 9.17) is 0 Å². The summed E-state index contributed by atoms with van der Waals surface area (Å²) in [5, 5.41) is 9.13. The second-order valence-corrected chi connectivity index (χ2v) is 6.60. The van der Waals surface area contributed by atoms with Crippen LogP contribution < -0.4 is 16.0 Å². The van der Waals surface area contributed by atoms with E-state index in [-0.39, 0.29) is 29.6 Å². The number of nitrogens with one attached hydrogen (secondary N) is 3. The molecule has 1 heterocycles. The van der Waals surface area contributed by atoms with Crippen LogP contribution in [0.5, 0.6) is 0 Å². The summed E-state index contributed by atoms with van der Waals surface area (Å²) in [6.07, 6.45) is 2.85. The van der Waals surface area contributed by atoms with Gasteiger partial charge in [0.05, 0.1) is 6.42 Å². The van der Waals surface area contributed by atoms with Gasteiger partial charge in [-0.15, -0.1) is 12.4 Å². The Morgan fingerprint density at radius 1 is 1.08 bits per heavy atom. The molecule has 1 aliphatic rings. The van der Waals surface area contributed by atoms with Gasteiger partial charge < -0.3 is 16.0 Å². The van der Waals surface area contributed by atoms with Gasteiger partial charge in [-0.3, -0.25) is 9.59 Å². The van der Waals surface area contributed by atoms with Crippen molar-refractivity contribution in [1.29, 1.82) is 0 Å². The van der Waals surface area contributed by atoms with Crippen molar-refractivity contribution in [3.05, 3.63) is 35.9 Å². The number of piperidine rings is 1. The van der Waals surface area contributed by atoms with E-state index in [0.29, 0.717) is 25.9 Å². The van der Waals surface area contributed by atoms with E-state index in [1.165, 1.54) is 0 Å². The van der Waals surface area contributed by atoms with Crippen molar-refractivity contribution < 1.29 is 9.59 Å². The molecule has 1 aromatic carbocycles. The van der Waals surface area contributed by atoms with Crippen LogP contribution in [0.15, 0.2) is 30.3 Å². The zero-order valence-electron chi connectivity index (χ0n) is 14.3. The SMILES string of the molecule is CC1(CNC(=O)CCNC(=O)Cc2ccccc2)CCNCC1.Cl. The number of hydrogen-bond acceptors (Lipinski definition) is 3. The zero-order chi connectivity index (χ0) is 16.5. The van der Waals surface area contributed by atoms with Crippen LogP contribution in [-0.2, 0) is 16.0 Å². The fraction of sp³-hybridized carbons (Fsp3) is 0.556. The maximum atomic E-state index is 11.9. The van der Waals surface area contributed by atoms with Crippen LogP contribution in [0.25, 0.3) is 0 Å². The molecule has 2 rings (SSSR count). The van der Waals surface area contributed by atoms with Crippen molar-refractivity contribution in [2.75, 3.05) is 26.2 Å². The maximum absolute atomic E-state index is 11.9. The Hall–Kier alpha value is -1.59. The van der Waals surface area contributed by atoms with E-state index in [1.54, 1.807) is 0 Å². The van der Waals surface area contributed by atoms with Gasteiger partial charge in [0.1, 0.15) is 0 Å².